The van der Waals surface area contributed by atoms with E-state index in [2.05, 4.69) is 21.0 Å². The van der Waals surface area contributed by atoms with Crippen LogP contribution in [-0.2, 0) is 12.8 Å². The molecule has 0 saturated heterocycles. The number of nitrogens with zero attached hydrogens (tertiary/aromatic N) is 2. The highest BCUT2D eigenvalue weighted by Gasteiger charge is 2.26. The molecule has 1 aliphatic carbocycles. The van der Waals surface area contributed by atoms with Gasteiger partial charge in [0.25, 0.3) is 0 Å². The molecule has 4 nitrogen and oxygen atoms in total. The number of aryl methyl sites for hydroxylation is 1. The van der Waals surface area contributed by atoms with Crippen molar-refractivity contribution in [1.29, 1.82) is 0 Å². The Labute approximate surface area is 119 Å². The van der Waals surface area contributed by atoms with Crippen LogP contribution in [-0.4, -0.2) is 20.9 Å². The largest absolute Gasteiger partial charge is 0.476 e. The first-order chi connectivity index (χ1) is 9.08. The topological polar surface area (TPSA) is 55.1 Å². The lowest BCUT2D eigenvalue weighted by Gasteiger charge is -2.07. The van der Waals surface area contributed by atoms with Crippen LogP contribution in [0.3, 0.4) is 0 Å². The molecule has 0 radical (unpaired) electrons. The number of aromatic carboxylic acids is 1. The fourth-order valence-electron chi connectivity index (χ4n) is 2.58. The van der Waals surface area contributed by atoms with Gasteiger partial charge in [0, 0.05) is 15.7 Å². The summed E-state index contributed by atoms with van der Waals surface area (Å²) in [6.45, 7) is 2.01. The van der Waals surface area contributed by atoms with Crippen molar-refractivity contribution in [3.05, 3.63) is 45.2 Å². The van der Waals surface area contributed by atoms with Crippen LogP contribution in [0.2, 0.25) is 0 Å². The van der Waals surface area contributed by atoms with Gasteiger partial charge in [0.1, 0.15) is 0 Å². The molecule has 1 aliphatic rings. The van der Waals surface area contributed by atoms with Gasteiger partial charge in [0.05, 0.1) is 5.69 Å². The van der Waals surface area contributed by atoms with Crippen molar-refractivity contribution in [3.63, 3.8) is 0 Å². The second-order valence-corrected chi connectivity index (χ2v) is 5.63. The predicted octanol–water partition coefficient (Wildman–Crippen LogP) is 3.13. The Morgan fingerprint density at radius 3 is 2.89 bits per heavy atom. The number of aromatic nitrogens is 2. The molecule has 0 fully saturated rings. The molecule has 0 spiro atoms. The lowest BCUT2D eigenvalue weighted by atomic mass is 10.2. The number of carboxylic acid groups (broad SMARTS) is 1. The Morgan fingerprint density at radius 1 is 1.42 bits per heavy atom. The molecule has 5 heteroatoms. The van der Waals surface area contributed by atoms with Gasteiger partial charge in [-0.05, 0) is 49.9 Å². The van der Waals surface area contributed by atoms with Crippen molar-refractivity contribution in [1.82, 2.24) is 9.78 Å². The second-order valence-electron chi connectivity index (χ2n) is 4.78. The third-order valence-electron chi connectivity index (χ3n) is 3.52. The van der Waals surface area contributed by atoms with E-state index in [1.165, 1.54) is 0 Å². The third kappa shape index (κ3) is 1.98. The number of carbonyl (C=O) groups is 1. The van der Waals surface area contributed by atoms with Gasteiger partial charge in [-0.15, -0.1) is 0 Å². The van der Waals surface area contributed by atoms with Crippen LogP contribution in [0.5, 0.6) is 0 Å². The van der Waals surface area contributed by atoms with Gasteiger partial charge in [-0.3, -0.25) is 0 Å². The van der Waals surface area contributed by atoms with E-state index in [0.29, 0.717) is 0 Å². The summed E-state index contributed by atoms with van der Waals surface area (Å²) in [5, 5.41) is 13.5. The molecule has 0 atom stereocenters. The summed E-state index contributed by atoms with van der Waals surface area (Å²) in [5.41, 5.74) is 4.17. The Kier molecular flexibility index (Phi) is 2.93. The first kappa shape index (κ1) is 12.4. The quantitative estimate of drug-likeness (QED) is 0.924. The molecule has 1 heterocycles. The normalized spacial score (nSPS) is 13.6. The molecule has 0 unspecified atom stereocenters. The van der Waals surface area contributed by atoms with Crippen LogP contribution in [0.15, 0.2) is 22.7 Å². The van der Waals surface area contributed by atoms with Crippen LogP contribution in [0.1, 0.15) is 33.7 Å². The first-order valence-corrected chi connectivity index (χ1v) is 6.98. The number of benzene rings is 1. The number of hydrogen-bond donors (Lipinski definition) is 1. The van der Waals surface area contributed by atoms with Gasteiger partial charge < -0.3 is 5.11 Å². The summed E-state index contributed by atoms with van der Waals surface area (Å²) in [5.74, 6) is -0.939. The van der Waals surface area contributed by atoms with Crippen molar-refractivity contribution in [2.24, 2.45) is 0 Å². The standard InChI is InChI=1S/C14H13BrN2O2/c1-8-7-9(5-6-11(8)15)17-12-4-2-3-10(12)13(16-17)14(18)19/h5-7H,2-4H2,1H3,(H,18,19). The summed E-state index contributed by atoms with van der Waals surface area (Å²) in [6.07, 6.45) is 2.71. The Hall–Kier alpha value is -1.62. The zero-order chi connectivity index (χ0) is 13.6. The molecule has 1 N–H and O–H groups in total. The lowest BCUT2D eigenvalue weighted by Crippen LogP contribution is -2.04. The first-order valence-electron chi connectivity index (χ1n) is 6.18. The number of rotatable bonds is 2. The lowest BCUT2D eigenvalue weighted by molar-refractivity contribution is 0.0689. The molecule has 0 saturated carbocycles. The van der Waals surface area contributed by atoms with Crippen LogP contribution in [0.4, 0.5) is 0 Å². The molecule has 2 aromatic rings. The van der Waals surface area contributed by atoms with E-state index in [0.717, 1.165) is 46.2 Å². The van der Waals surface area contributed by atoms with Crippen molar-refractivity contribution in [2.75, 3.05) is 0 Å². The SMILES string of the molecule is Cc1cc(-n2nc(C(=O)O)c3c2CCC3)ccc1Br. The number of hydrogen-bond acceptors (Lipinski definition) is 2. The summed E-state index contributed by atoms with van der Waals surface area (Å²) < 4.78 is 2.82. The fraction of sp³-hybridized carbons (Fsp3) is 0.286. The molecule has 3 rings (SSSR count). The molecular weight excluding hydrogens is 308 g/mol. The van der Waals surface area contributed by atoms with E-state index in [9.17, 15) is 9.90 Å². The van der Waals surface area contributed by atoms with Gasteiger partial charge in [0.2, 0.25) is 0 Å². The molecular formula is C14H13BrN2O2. The molecule has 98 valence electrons. The molecule has 19 heavy (non-hydrogen) atoms. The van der Waals surface area contributed by atoms with E-state index >= 15 is 0 Å². The van der Waals surface area contributed by atoms with Crippen molar-refractivity contribution in [3.8, 4) is 5.69 Å². The van der Waals surface area contributed by atoms with Crippen LogP contribution in [0.25, 0.3) is 5.69 Å². The Bertz CT molecular complexity index is 676. The molecule has 0 aliphatic heterocycles. The molecule has 1 aromatic carbocycles. The predicted molar refractivity (Wildman–Crippen MR) is 75.0 cm³/mol. The van der Waals surface area contributed by atoms with Gasteiger partial charge in [0.15, 0.2) is 5.69 Å². The maximum absolute atomic E-state index is 11.2. The summed E-state index contributed by atoms with van der Waals surface area (Å²) in [4.78, 5) is 11.2. The highest BCUT2D eigenvalue weighted by molar-refractivity contribution is 9.10. The number of halogens is 1. The minimum Gasteiger partial charge on any atom is -0.476 e. The monoisotopic (exact) mass is 320 g/mol. The Balaban J connectivity index is 2.18. The Morgan fingerprint density at radius 2 is 2.21 bits per heavy atom. The van der Waals surface area contributed by atoms with E-state index in [1.54, 1.807) is 4.68 Å². The third-order valence-corrected chi connectivity index (χ3v) is 4.41. The van der Waals surface area contributed by atoms with Gasteiger partial charge >= 0.3 is 5.97 Å². The smallest absolute Gasteiger partial charge is 0.356 e. The number of carboxylic acids is 1. The van der Waals surface area contributed by atoms with Gasteiger partial charge in [-0.25, -0.2) is 9.48 Å². The highest BCUT2D eigenvalue weighted by atomic mass is 79.9. The van der Waals surface area contributed by atoms with Gasteiger partial charge in [-0.1, -0.05) is 15.9 Å². The zero-order valence-electron chi connectivity index (χ0n) is 10.5. The van der Waals surface area contributed by atoms with E-state index < -0.39 is 5.97 Å². The fourth-order valence-corrected chi connectivity index (χ4v) is 2.83. The van der Waals surface area contributed by atoms with E-state index in [4.69, 9.17) is 0 Å². The number of fused-ring (bicyclic) bond motifs is 1. The maximum Gasteiger partial charge on any atom is 0.356 e. The summed E-state index contributed by atoms with van der Waals surface area (Å²) in [7, 11) is 0. The average molecular weight is 321 g/mol. The van der Waals surface area contributed by atoms with Crippen LogP contribution >= 0.6 is 15.9 Å². The van der Waals surface area contributed by atoms with Gasteiger partial charge in [-0.2, -0.15) is 5.10 Å². The van der Waals surface area contributed by atoms with Crippen LogP contribution < -0.4 is 0 Å². The van der Waals surface area contributed by atoms with Crippen molar-refractivity contribution >= 4 is 21.9 Å². The maximum atomic E-state index is 11.2. The van der Waals surface area contributed by atoms with Crippen molar-refractivity contribution in [2.45, 2.75) is 26.2 Å². The van der Waals surface area contributed by atoms with Crippen LogP contribution in [0, 0.1) is 6.92 Å². The molecule has 0 bridgehead atoms. The highest BCUT2D eigenvalue weighted by Crippen LogP contribution is 2.29. The molecule has 0 amide bonds. The minimum absolute atomic E-state index is 0.202. The average Bonchev–Trinajstić information content (AvgIpc) is 2.93. The minimum atomic E-state index is -0.939. The second kappa shape index (κ2) is 4.49. The molecule has 1 aromatic heterocycles. The zero-order valence-corrected chi connectivity index (χ0v) is 12.1. The van der Waals surface area contributed by atoms with E-state index in [-0.39, 0.29) is 5.69 Å². The summed E-state index contributed by atoms with van der Waals surface area (Å²) in [6, 6.07) is 5.93. The van der Waals surface area contributed by atoms with Crippen molar-refractivity contribution < 1.29 is 9.90 Å². The van der Waals surface area contributed by atoms with E-state index in [1.807, 2.05) is 25.1 Å². The summed E-state index contributed by atoms with van der Waals surface area (Å²) >= 11 is 3.47.